The molecule has 1 unspecified atom stereocenters. The fourth-order valence-corrected chi connectivity index (χ4v) is 2.91. The molecule has 0 aliphatic carbocycles. The van der Waals surface area contributed by atoms with Crippen molar-refractivity contribution >= 4 is 0 Å². The molecular weight excluding hydrogens is 222 g/mol. The molecule has 1 aliphatic heterocycles. The first-order valence-electron chi connectivity index (χ1n) is 7.76. The van der Waals surface area contributed by atoms with Gasteiger partial charge >= 0.3 is 0 Å². The molecule has 1 heterocycles. The molecule has 1 aliphatic rings. The van der Waals surface area contributed by atoms with E-state index in [1.54, 1.807) is 0 Å². The average molecular weight is 255 g/mol. The summed E-state index contributed by atoms with van der Waals surface area (Å²) in [5.74, 6) is 0. The monoisotopic (exact) mass is 255 g/mol. The lowest BCUT2D eigenvalue weighted by atomic mass is 9.91. The van der Waals surface area contributed by atoms with E-state index in [0.29, 0.717) is 0 Å². The van der Waals surface area contributed by atoms with Crippen LogP contribution in [0.4, 0.5) is 0 Å². The van der Waals surface area contributed by atoms with Gasteiger partial charge in [-0.15, -0.1) is 0 Å². The van der Waals surface area contributed by atoms with Gasteiger partial charge in [-0.05, 0) is 39.9 Å². The maximum Gasteiger partial charge on any atom is 0.0304 e. The van der Waals surface area contributed by atoms with Gasteiger partial charge < -0.3 is 10.6 Å². The normalized spacial score (nSPS) is 22.7. The zero-order chi connectivity index (χ0) is 13.4. The van der Waals surface area contributed by atoms with Crippen LogP contribution in [0, 0.1) is 0 Å². The SMILES string of the molecule is CCCCCCC(C)(CN)N1CCCN(C)CC1. The number of hydrogen-bond donors (Lipinski definition) is 1. The van der Waals surface area contributed by atoms with E-state index in [0.717, 1.165) is 6.54 Å². The highest BCUT2D eigenvalue weighted by Crippen LogP contribution is 2.23. The Balaban J connectivity index is 2.45. The van der Waals surface area contributed by atoms with Crippen LogP contribution in [0.5, 0.6) is 0 Å². The first-order valence-corrected chi connectivity index (χ1v) is 7.76. The van der Waals surface area contributed by atoms with Crippen LogP contribution in [0.3, 0.4) is 0 Å². The van der Waals surface area contributed by atoms with Crippen molar-refractivity contribution in [1.29, 1.82) is 0 Å². The molecule has 108 valence electrons. The molecule has 3 nitrogen and oxygen atoms in total. The van der Waals surface area contributed by atoms with Crippen LogP contribution in [0.1, 0.15) is 52.4 Å². The van der Waals surface area contributed by atoms with Crippen LogP contribution in [-0.2, 0) is 0 Å². The van der Waals surface area contributed by atoms with Gasteiger partial charge in [-0.1, -0.05) is 32.6 Å². The summed E-state index contributed by atoms with van der Waals surface area (Å²) in [5.41, 5.74) is 6.30. The van der Waals surface area contributed by atoms with E-state index in [2.05, 4.69) is 30.7 Å². The number of nitrogens with two attached hydrogens (primary N) is 1. The number of likely N-dealkylation sites (N-methyl/N-ethyl adjacent to an activating group) is 1. The van der Waals surface area contributed by atoms with Crippen LogP contribution in [0.15, 0.2) is 0 Å². The van der Waals surface area contributed by atoms with E-state index in [1.807, 2.05) is 0 Å². The lowest BCUT2D eigenvalue weighted by molar-refractivity contribution is 0.103. The molecule has 1 rings (SSSR count). The van der Waals surface area contributed by atoms with E-state index in [9.17, 15) is 0 Å². The van der Waals surface area contributed by atoms with E-state index in [-0.39, 0.29) is 5.54 Å². The predicted octanol–water partition coefficient (Wildman–Crippen LogP) is 2.31. The van der Waals surface area contributed by atoms with Crippen LogP contribution in [0.25, 0.3) is 0 Å². The van der Waals surface area contributed by atoms with Gasteiger partial charge in [-0.2, -0.15) is 0 Å². The van der Waals surface area contributed by atoms with Crippen molar-refractivity contribution < 1.29 is 0 Å². The first kappa shape index (κ1) is 15.9. The minimum absolute atomic E-state index is 0.221. The van der Waals surface area contributed by atoms with Crippen molar-refractivity contribution in [3.8, 4) is 0 Å². The van der Waals surface area contributed by atoms with Crippen LogP contribution in [-0.4, -0.2) is 55.1 Å². The lowest BCUT2D eigenvalue weighted by Gasteiger charge is -2.40. The zero-order valence-electron chi connectivity index (χ0n) is 12.7. The quantitative estimate of drug-likeness (QED) is 0.709. The number of rotatable bonds is 7. The molecule has 0 aromatic heterocycles. The number of hydrogen-bond acceptors (Lipinski definition) is 3. The summed E-state index contributed by atoms with van der Waals surface area (Å²) in [6.45, 7) is 10.2. The third-order valence-corrected chi connectivity index (χ3v) is 4.49. The van der Waals surface area contributed by atoms with Crippen LogP contribution < -0.4 is 5.73 Å². The van der Waals surface area contributed by atoms with Crippen molar-refractivity contribution in [2.45, 2.75) is 57.9 Å². The fourth-order valence-electron chi connectivity index (χ4n) is 2.91. The first-order chi connectivity index (χ1) is 8.62. The minimum Gasteiger partial charge on any atom is -0.329 e. The summed E-state index contributed by atoms with van der Waals surface area (Å²) in [4.78, 5) is 5.08. The fraction of sp³-hybridized carbons (Fsp3) is 1.00. The molecule has 0 saturated carbocycles. The summed E-state index contributed by atoms with van der Waals surface area (Å²) in [6, 6.07) is 0. The maximum absolute atomic E-state index is 6.08. The van der Waals surface area contributed by atoms with Gasteiger partial charge in [0.25, 0.3) is 0 Å². The molecule has 2 N–H and O–H groups in total. The second kappa shape index (κ2) is 8.13. The summed E-state index contributed by atoms with van der Waals surface area (Å²) >= 11 is 0. The Bertz CT molecular complexity index is 220. The highest BCUT2D eigenvalue weighted by molar-refractivity contribution is 4.88. The van der Waals surface area contributed by atoms with Crippen molar-refractivity contribution in [3.63, 3.8) is 0 Å². The van der Waals surface area contributed by atoms with E-state index >= 15 is 0 Å². The molecule has 0 aromatic rings. The van der Waals surface area contributed by atoms with Gasteiger partial charge in [-0.3, -0.25) is 4.90 Å². The smallest absolute Gasteiger partial charge is 0.0304 e. The molecule has 0 amide bonds. The Morgan fingerprint density at radius 3 is 2.50 bits per heavy atom. The van der Waals surface area contributed by atoms with Crippen LogP contribution in [0.2, 0.25) is 0 Å². The summed E-state index contributed by atoms with van der Waals surface area (Å²) < 4.78 is 0. The summed E-state index contributed by atoms with van der Waals surface area (Å²) in [6.07, 6.45) is 7.90. The third-order valence-electron chi connectivity index (χ3n) is 4.49. The van der Waals surface area contributed by atoms with Crippen LogP contribution >= 0.6 is 0 Å². The van der Waals surface area contributed by atoms with E-state index in [1.165, 1.54) is 64.7 Å². The second-order valence-corrected chi connectivity index (χ2v) is 6.16. The Hall–Kier alpha value is -0.120. The Labute approximate surface area is 114 Å². The molecule has 0 radical (unpaired) electrons. The maximum atomic E-state index is 6.08. The minimum atomic E-state index is 0.221. The van der Waals surface area contributed by atoms with Crippen molar-refractivity contribution in [1.82, 2.24) is 9.80 Å². The molecule has 18 heavy (non-hydrogen) atoms. The van der Waals surface area contributed by atoms with E-state index < -0.39 is 0 Å². The van der Waals surface area contributed by atoms with Gasteiger partial charge in [0.2, 0.25) is 0 Å². The number of unbranched alkanes of at least 4 members (excludes halogenated alkanes) is 3. The molecule has 0 spiro atoms. The number of nitrogens with zero attached hydrogens (tertiary/aromatic N) is 2. The molecular formula is C15H33N3. The molecule has 0 aromatic carbocycles. The average Bonchev–Trinajstić information content (AvgIpc) is 2.59. The topological polar surface area (TPSA) is 32.5 Å². The van der Waals surface area contributed by atoms with Gasteiger partial charge in [0.1, 0.15) is 0 Å². The Morgan fingerprint density at radius 2 is 1.83 bits per heavy atom. The third kappa shape index (κ3) is 4.87. The predicted molar refractivity (Wildman–Crippen MR) is 79.9 cm³/mol. The van der Waals surface area contributed by atoms with Gasteiger partial charge in [0.05, 0.1) is 0 Å². The standard InChI is InChI=1S/C15H33N3/c1-4-5-6-7-9-15(2,14-16)18-11-8-10-17(3)12-13-18/h4-14,16H2,1-3H3. The van der Waals surface area contributed by atoms with E-state index in [4.69, 9.17) is 5.73 Å². The molecule has 1 saturated heterocycles. The summed E-state index contributed by atoms with van der Waals surface area (Å²) in [7, 11) is 2.23. The van der Waals surface area contributed by atoms with Crippen molar-refractivity contribution in [3.05, 3.63) is 0 Å². The summed E-state index contributed by atoms with van der Waals surface area (Å²) in [5, 5.41) is 0. The Morgan fingerprint density at radius 1 is 1.06 bits per heavy atom. The zero-order valence-corrected chi connectivity index (χ0v) is 12.7. The molecule has 1 atom stereocenters. The van der Waals surface area contributed by atoms with Crippen molar-refractivity contribution in [2.75, 3.05) is 39.8 Å². The molecule has 0 bridgehead atoms. The molecule has 1 fully saturated rings. The molecule has 3 heteroatoms. The second-order valence-electron chi connectivity index (χ2n) is 6.16. The van der Waals surface area contributed by atoms with Gasteiger partial charge in [0, 0.05) is 25.2 Å². The highest BCUT2D eigenvalue weighted by Gasteiger charge is 2.30. The van der Waals surface area contributed by atoms with Gasteiger partial charge in [-0.25, -0.2) is 0 Å². The highest BCUT2D eigenvalue weighted by atomic mass is 15.2. The van der Waals surface area contributed by atoms with Crippen molar-refractivity contribution in [2.24, 2.45) is 5.73 Å². The Kier molecular flexibility index (Phi) is 7.20. The largest absolute Gasteiger partial charge is 0.329 e. The lowest BCUT2D eigenvalue weighted by Crippen LogP contribution is -2.52. The van der Waals surface area contributed by atoms with Gasteiger partial charge in [0.15, 0.2) is 0 Å².